The largest absolute Gasteiger partial charge is 0.493 e. The van der Waals surface area contributed by atoms with E-state index < -0.39 is 17.8 Å². The first-order valence-electron chi connectivity index (χ1n) is 10.8. The van der Waals surface area contributed by atoms with Crippen LogP contribution in [0.25, 0.3) is 0 Å². The molecule has 3 aromatic carbocycles. The van der Waals surface area contributed by atoms with Crippen molar-refractivity contribution < 1.29 is 33.3 Å². The maximum atomic E-state index is 12.5. The first kappa shape index (κ1) is 27.5. The Hall–Kier alpha value is -4.13. The van der Waals surface area contributed by atoms with Crippen LogP contribution in [0, 0.1) is 3.57 Å². The predicted molar refractivity (Wildman–Crippen MR) is 145 cm³/mol. The lowest BCUT2D eigenvalue weighted by atomic mass is 10.1. The molecule has 192 valence electrons. The molecule has 3 rings (SSSR count). The topological polar surface area (TPSA) is 125 Å². The molecule has 10 nitrogen and oxygen atoms in total. The molecule has 2 amide bonds. The number of methoxy groups -OCH3 is 3. The fourth-order valence-corrected chi connectivity index (χ4v) is 3.71. The molecule has 0 atom stereocenters. The molecule has 0 heterocycles. The van der Waals surface area contributed by atoms with Gasteiger partial charge in [0.25, 0.3) is 11.8 Å². The number of hydrogen-bond donors (Lipinski definition) is 2. The maximum Gasteiger partial charge on any atom is 0.344 e. The molecule has 0 bridgehead atoms. The number of benzene rings is 3. The second kappa shape index (κ2) is 13.3. The van der Waals surface area contributed by atoms with Crippen molar-refractivity contribution in [1.82, 2.24) is 10.7 Å². The summed E-state index contributed by atoms with van der Waals surface area (Å²) in [5, 5.41) is 6.38. The lowest BCUT2D eigenvalue weighted by Gasteiger charge is -2.14. The molecule has 0 fully saturated rings. The molecule has 0 aromatic heterocycles. The summed E-state index contributed by atoms with van der Waals surface area (Å²) in [4.78, 5) is 36.9. The maximum absolute atomic E-state index is 12.5. The van der Waals surface area contributed by atoms with Crippen molar-refractivity contribution in [2.45, 2.75) is 0 Å². The Bertz CT molecular complexity index is 1280. The molecule has 0 aliphatic rings. The molecule has 0 radical (unpaired) electrons. The van der Waals surface area contributed by atoms with Crippen LogP contribution < -0.4 is 29.7 Å². The first-order valence-corrected chi connectivity index (χ1v) is 11.9. The number of amides is 2. The van der Waals surface area contributed by atoms with E-state index in [0.29, 0.717) is 34.1 Å². The van der Waals surface area contributed by atoms with Gasteiger partial charge in [-0.15, -0.1) is 0 Å². The Morgan fingerprint density at radius 3 is 2.16 bits per heavy atom. The number of rotatable bonds is 10. The summed E-state index contributed by atoms with van der Waals surface area (Å²) in [5.41, 5.74) is 3.71. The Balaban J connectivity index is 1.50. The van der Waals surface area contributed by atoms with E-state index in [-0.39, 0.29) is 12.1 Å². The van der Waals surface area contributed by atoms with E-state index in [1.54, 1.807) is 36.4 Å². The Morgan fingerprint density at radius 2 is 1.57 bits per heavy atom. The fraction of sp³-hybridized carbons (Fsp3) is 0.154. The van der Waals surface area contributed by atoms with Gasteiger partial charge in [-0.1, -0.05) is 12.1 Å². The third kappa shape index (κ3) is 7.43. The minimum Gasteiger partial charge on any atom is -0.493 e. The van der Waals surface area contributed by atoms with Gasteiger partial charge in [0.05, 0.1) is 39.7 Å². The van der Waals surface area contributed by atoms with Gasteiger partial charge in [-0.25, -0.2) is 10.2 Å². The Morgan fingerprint density at radius 1 is 0.919 bits per heavy atom. The third-order valence-electron chi connectivity index (χ3n) is 4.92. The van der Waals surface area contributed by atoms with Gasteiger partial charge in [-0.2, -0.15) is 5.10 Å². The summed E-state index contributed by atoms with van der Waals surface area (Å²) in [6.07, 6.45) is 1.42. The average Bonchev–Trinajstić information content (AvgIpc) is 2.91. The second-order valence-electron chi connectivity index (χ2n) is 7.33. The number of carbonyl (C=O) groups excluding carboxylic acids is 3. The van der Waals surface area contributed by atoms with E-state index in [2.05, 4.69) is 38.4 Å². The average molecular weight is 617 g/mol. The molecular formula is C26H24IN3O7. The number of carbonyl (C=O) groups is 3. The molecule has 3 aromatic rings. The minimum absolute atomic E-state index is 0.230. The van der Waals surface area contributed by atoms with Crippen LogP contribution in [-0.2, 0) is 4.79 Å². The number of ether oxygens (including phenoxy) is 4. The van der Waals surface area contributed by atoms with Crippen LogP contribution in [0.5, 0.6) is 23.0 Å². The van der Waals surface area contributed by atoms with Crippen LogP contribution in [-0.4, -0.2) is 51.9 Å². The molecule has 0 unspecified atom stereocenters. The third-order valence-corrected chi connectivity index (χ3v) is 5.86. The molecule has 0 aliphatic heterocycles. The van der Waals surface area contributed by atoms with Crippen molar-refractivity contribution in [3.63, 3.8) is 0 Å². The highest BCUT2D eigenvalue weighted by Crippen LogP contribution is 2.38. The number of nitrogens with zero attached hydrogens (tertiary/aromatic N) is 1. The summed E-state index contributed by atoms with van der Waals surface area (Å²) >= 11 is 2.07. The van der Waals surface area contributed by atoms with Crippen molar-refractivity contribution in [3.8, 4) is 23.0 Å². The van der Waals surface area contributed by atoms with Crippen molar-refractivity contribution in [2.24, 2.45) is 5.10 Å². The van der Waals surface area contributed by atoms with Gasteiger partial charge >= 0.3 is 5.97 Å². The standard InChI is InChI=1S/C26H24IN3O7/c1-34-21-12-17(13-22(35-2)24(21)36-3)25(32)28-15-23(31)30-29-14-16-8-10-18(11-9-16)37-26(33)19-6-4-5-7-20(19)27/h4-14H,15H2,1-3H3,(H,28,32)(H,30,31)/b29-14-. The van der Waals surface area contributed by atoms with Gasteiger partial charge in [0.1, 0.15) is 5.75 Å². The van der Waals surface area contributed by atoms with Crippen molar-refractivity contribution in [2.75, 3.05) is 27.9 Å². The zero-order valence-corrected chi connectivity index (χ0v) is 22.4. The monoisotopic (exact) mass is 617 g/mol. The minimum atomic E-state index is -0.528. The highest BCUT2D eigenvalue weighted by molar-refractivity contribution is 14.1. The molecule has 0 saturated carbocycles. The number of nitrogens with one attached hydrogen (secondary N) is 2. The Labute approximate surface area is 227 Å². The molecular weight excluding hydrogens is 593 g/mol. The number of esters is 1. The van der Waals surface area contributed by atoms with Crippen molar-refractivity contribution >= 4 is 46.6 Å². The van der Waals surface area contributed by atoms with Crippen LogP contribution >= 0.6 is 22.6 Å². The highest BCUT2D eigenvalue weighted by atomic mass is 127. The van der Waals surface area contributed by atoms with E-state index in [1.807, 2.05) is 12.1 Å². The molecule has 11 heteroatoms. The first-order chi connectivity index (χ1) is 17.9. The summed E-state index contributed by atoms with van der Waals surface area (Å²) in [6.45, 7) is -0.306. The lowest BCUT2D eigenvalue weighted by molar-refractivity contribution is -0.120. The van der Waals surface area contributed by atoms with E-state index in [4.69, 9.17) is 18.9 Å². The van der Waals surface area contributed by atoms with Crippen molar-refractivity contribution in [3.05, 3.63) is 80.9 Å². The zero-order chi connectivity index (χ0) is 26.8. The lowest BCUT2D eigenvalue weighted by Crippen LogP contribution is -2.34. The Kier molecular flexibility index (Phi) is 9.84. The van der Waals surface area contributed by atoms with E-state index in [1.165, 1.54) is 39.7 Å². The molecule has 0 aliphatic carbocycles. The summed E-state index contributed by atoms with van der Waals surface area (Å²) in [6, 6.07) is 16.7. The van der Waals surface area contributed by atoms with E-state index >= 15 is 0 Å². The van der Waals surface area contributed by atoms with Gasteiger partial charge in [-0.05, 0) is 76.7 Å². The highest BCUT2D eigenvalue weighted by Gasteiger charge is 2.17. The van der Waals surface area contributed by atoms with Crippen LogP contribution in [0.4, 0.5) is 0 Å². The fourth-order valence-electron chi connectivity index (χ4n) is 3.10. The van der Waals surface area contributed by atoms with E-state index in [0.717, 1.165) is 3.57 Å². The number of hydrogen-bond acceptors (Lipinski definition) is 8. The van der Waals surface area contributed by atoms with Crippen LogP contribution in [0.3, 0.4) is 0 Å². The summed E-state index contributed by atoms with van der Waals surface area (Å²) in [5.74, 6) is -0.125. The van der Waals surface area contributed by atoms with Crippen LogP contribution in [0.15, 0.2) is 65.8 Å². The van der Waals surface area contributed by atoms with Gasteiger partial charge in [0, 0.05) is 9.13 Å². The zero-order valence-electron chi connectivity index (χ0n) is 20.2. The summed E-state index contributed by atoms with van der Waals surface area (Å²) in [7, 11) is 4.34. The molecule has 2 N–H and O–H groups in total. The normalized spacial score (nSPS) is 10.5. The predicted octanol–water partition coefficient (Wildman–Crippen LogP) is 3.42. The molecule has 0 saturated heterocycles. The second-order valence-corrected chi connectivity index (χ2v) is 8.49. The van der Waals surface area contributed by atoms with Crippen LogP contribution in [0.2, 0.25) is 0 Å². The smallest absolute Gasteiger partial charge is 0.344 e. The van der Waals surface area contributed by atoms with Crippen LogP contribution in [0.1, 0.15) is 26.3 Å². The summed E-state index contributed by atoms with van der Waals surface area (Å²) < 4.78 is 21.9. The quantitative estimate of drug-likeness (QED) is 0.118. The van der Waals surface area contributed by atoms with Crippen molar-refractivity contribution in [1.29, 1.82) is 0 Å². The SMILES string of the molecule is COc1cc(C(=O)NCC(=O)N/N=C\c2ccc(OC(=O)c3ccccc3I)cc2)cc(OC)c1OC. The van der Waals surface area contributed by atoms with Gasteiger partial charge in [0.15, 0.2) is 11.5 Å². The van der Waals surface area contributed by atoms with E-state index in [9.17, 15) is 14.4 Å². The van der Waals surface area contributed by atoms with Gasteiger partial charge in [0.2, 0.25) is 5.75 Å². The van der Waals surface area contributed by atoms with Gasteiger partial charge in [-0.3, -0.25) is 9.59 Å². The van der Waals surface area contributed by atoms with Gasteiger partial charge < -0.3 is 24.3 Å². The number of halogens is 1. The molecule has 37 heavy (non-hydrogen) atoms. The number of hydrazone groups is 1. The molecule has 0 spiro atoms.